The molecule has 0 atom stereocenters. The molecule has 0 unspecified atom stereocenters. The van der Waals surface area contributed by atoms with Crippen LogP contribution in [0.3, 0.4) is 0 Å². The molecule has 230 valence electrons. The number of hydrogen-bond donors (Lipinski definition) is 0. The van der Waals surface area contributed by atoms with Gasteiger partial charge in [-0.25, -0.2) is 24.3 Å². The van der Waals surface area contributed by atoms with Gasteiger partial charge in [0.15, 0.2) is 0 Å². The van der Waals surface area contributed by atoms with Gasteiger partial charge in [-0.2, -0.15) is 12.2 Å². The van der Waals surface area contributed by atoms with E-state index < -0.39 is 20.8 Å². The zero-order valence-electron chi connectivity index (χ0n) is 27.4. The first-order chi connectivity index (χ1) is 15.4. The Labute approximate surface area is 301 Å². The molecule has 40 heavy (non-hydrogen) atoms. The van der Waals surface area contributed by atoms with Crippen LogP contribution in [0.5, 0.6) is 0 Å². The normalized spacial score (nSPS) is 17.5. The van der Waals surface area contributed by atoms with Crippen LogP contribution in [0.1, 0.15) is 82.1 Å². The molecule has 0 fully saturated rings. The molecule has 0 N–H and O–H groups in total. The van der Waals surface area contributed by atoms with E-state index in [-0.39, 0.29) is 91.6 Å². The minimum absolute atomic E-state index is 0. The summed E-state index contributed by atoms with van der Waals surface area (Å²) < 4.78 is 0. The summed E-state index contributed by atoms with van der Waals surface area (Å²) in [4.78, 5) is 0. The second-order valence-corrected chi connectivity index (χ2v) is 13.6. The van der Waals surface area contributed by atoms with Crippen LogP contribution in [-0.4, -0.2) is 0 Å². The van der Waals surface area contributed by atoms with Crippen LogP contribution in [-0.2, 0) is 47.1 Å². The van der Waals surface area contributed by atoms with Crippen molar-refractivity contribution in [3.8, 4) is 0 Å². The molecule has 0 saturated heterocycles. The largest absolute Gasteiger partial charge is 2.00 e. The molecule has 0 amide bonds. The van der Waals surface area contributed by atoms with Crippen molar-refractivity contribution in [2.45, 2.75) is 82.1 Å². The van der Waals surface area contributed by atoms with Crippen molar-refractivity contribution in [2.24, 2.45) is 10.8 Å². The van der Waals surface area contributed by atoms with Crippen LogP contribution in [0.4, 0.5) is 0 Å². The second kappa shape index (κ2) is 26.3. The van der Waals surface area contributed by atoms with Gasteiger partial charge < -0.3 is 54.5 Å². The van der Waals surface area contributed by atoms with E-state index >= 15 is 0 Å². The molecule has 0 aromatic rings. The second-order valence-electron chi connectivity index (χ2n) is 9.83. The molecule has 0 aliphatic heterocycles. The number of rotatable bonds is 1. The molecule has 0 aromatic carbocycles. The van der Waals surface area contributed by atoms with Gasteiger partial charge in [0.1, 0.15) is 0 Å². The molecule has 0 aromatic heterocycles. The molecule has 4 aliphatic rings. The first-order valence-electron chi connectivity index (χ1n) is 11.6. The van der Waals surface area contributed by atoms with Crippen molar-refractivity contribution in [3.05, 3.63) is 123 Å². The maximum atomic E-state index is 4.93. The number of halogens is 4. The van der Waals surface area contributed by atoms with Gasteiger partial charge in [-0.1, -0.05) is 38.8 Å². The zero-order chi connectivity index (χ0) is 25.4. The molecular formula is C34H52Cl4Zr2-6. The van der Waals surface area contributed by atoms with E-state index in [1.165, 1.54) is 33.4 Å². The van der Waals surface area contributed by atoms with E-state index in [0.29, 0.717) is 0 Å². The van der Waals surface area contributed by atoms with Crippen molar-refractivity contribution >= 4 is 17.0 Å². The third-order valence-electron chi connectivity index (χ3n) is 7.55. The van der Waals surface area contributed by atoms with Gasteiger partial charge in [0.2, 0.25) is 0 Å². The van der Waals surface area contributed by atoms with Crippen LogP contribution < -0.4 is 24.8 Å². The Balaban J connectivity index is -0.0000000917. The summed E-state index contributed by atoms with van der Waals surface area (Å²) >= 11 is -0.826. The fraction of sp³-hybridized carbons (Fsp3) is 0.412. The molecule has 4 rings (SSSR count). The molecule has 0 bridgehead atoms. The molecule has 4 aliphatic carbocycles. The van der Waals surface area contributed by atoms with Gasteiger partial charge >= 0.3 is 64.1 Å². The van der Waals surface area contributed by atoms with E-state index in [4.69, 9.17) is 17.0 Å². The first-order valence-corrected chi connectivity index (χ1v) is 17.9. The summed E-state index contributed by atoms with van der Waals surface area (Å²) in [7, 11) is 9.87. The minimum atomic E-state index is -0.826. The summed E-state index contributed by atoms with van der Waals surface area (Å²) in [6.07, 6.45) is 20.0. The molecule has 0 radical (unpaired) electrons. The Kier molecular flexibility index (Phi) is 37.2. The summed E-state index contributed by atoms with van der Waals surface area (Å²) in [6.45, 7) is 23.3. The summed E-state index contributed by atoms with van der Waals surface area (Å²) in [5, 5.41) is 0. The van der Waals surface area contributed by atoms with Crippen molar-refractivity contribution in [1.29, 1.82) is 0 Å². The fourth-order valence-corrected chi connectivity index (χ4v) is 4.87. The average molecular weight is 785 g/mol. The third-order valence-corrected chi connectivity index (χ3v) is 7.55. The molecule has 0 spiro atoms. The smallest absolute Gasteiger partial charge is 2.00 e. The van der Waals surface area contributed by atoms with E-state index in [2.05, 4.69) is 93.5 Å². The number of allylic oxidation sites excluding steroid dienone is 16. The van der Waals surface area contributed by atoms with Crippen molar-refractivity contribution in [2.75, 3.05) is 0 Å². The molecule has 0 nitrogen and oxygen atoms in total. The van der Waals surface area contributed by atoms with Crippen LogP contribution in [0.15, 0.2) is 81.0 Å². The van der Waals surface area contributed by atoms with Crippen LogP contribution in [0, 0.1) is 52.7 Å². The molecular weight excluding hydrogens is 733 g/mol. The van der Waals surface area contributed by atoms with Gasteiger partial charge in [-0.05, 0) is 75.0 Å². The maximum absolute atomic E-state index is 4.93. The monoisotopic (exact) mass is 780 g/mol. The predicted molar refractivity (Wildman–Crippen MR) is 170 cm³/mol. The zero-order valence-corrected chi connectivity index (χ0v) is 35.3. The standard InChI is InChI=1S/C20H30.2C5H5.4CH3.4ClH.2Zr/c1-11-13(3)17(19(7,8)15(11)5)18-14(4)12(2)16(6)20(18,9)10;2*1-2-4-5-3-1;;;;;;;;;;/h1-10H3;2*1-3H,4H2;4*1H3;4*1H;;/q;6*-1;;;;;2*+2/p-4. The van der Waals surface area contributed by atoms with Gasteiger partial charge in [0, 0.05) is 10.8 Å². The van der Waals surface area contributed by atoms with E-state index in [9.17, 15) is 0 Å². The third kappa shape index (κ3) is 14.1. The van der Waals surface area contributed by atoms with Crippen LogP contribution in [0.2, 0.25) is 0 Å². The van der Waals surface area contributed by atoms with Gasteiger partial charge in [0.05, 0.1) is 0 Å². The Morgan fingerprint density at radius 2 is 0.850 bits per heavy atom. The SMILES string of the molecule is CC1=C(C)C(C)(C)C(C2=C(C)C(C)=C(C)C2(C)C)=C1C.[C-]1=CC=CC1.[C-]1=CC=CC1.[CH3-].[CH3-].[CH3-].[CH3-].[Cl-].[Cl-].[Cl][Zr][Cl].[Zr+2]. The minimum Gasteiger partial charge on any atom is 2.00 e. The van der Waals surface area contributed by atoms with Crippen LogP contribution in [0.25, 0.3) is 0 Å². The van der Waals surface area contributed by atoms with E-state index in [1.807, 2.05) is 24.3 Å². The Morgan fingerprint density at radius 1 is 0.600 bits per heavy atom. The molecule has 6 heteroatoms. The average Bonchev–Trinajstić information content (AvgIpc) is 3.55. The summed E-state index contributed by atoms with van der Waals surface area (Å²) in [6, 6.07) is 0. The Bertz CT molecular complexity index is 872. The maximum Gasteiger partial charge on any atom is 2.00 e. The molecule has 0 heterocycles. The first kappa shape index (κ1) is 56.6. The summed E-state index contributed by atoms with van der Waals surface area (Å²) in [5.74, 6) is 0. The van der Waals surface area contributed by atoms with Gasteiger partial charge in [-0.15, -0.1) is 12.8 Å². The van der Waals surface area contributed by atoms with E-state index in [0.717, 1.165) is 12.8 Å². The Morgan fingerprint density at radius 3 is 0.950 bits per heavy atom. The van der Waals surface area contributed by atoms with Crippen LogP contribution >= 0.6 is 17.0 Å². The van der Waals surface area contributed by atoms with Crippen molar-refractivity contribution < 1.29 is 71.9 Å². The Hall–Kier alpha value is 0.846. The van der Waals surface area contributed by atoms with E-state index in [1.54, 1.807) is 11.1 Å². The quantitative estimate of drug-likeness (QED) is 0.280. The summed E-state index contributed by atoms with van der Waals surface area (Å²) in [5.41, 5.74) is 12.5. The topological polar surface area (TPSA) is 0 Å². The van der Waals surface area contributed by atoms with Gasteiger partial charge in [-0.3, -0.25) is 12.2 Å². The predicted octanol–water partition coefficient (Wildman–Crippen LogP) is 6.17. The van der Waals surface area contributed by atoms with Crippen molar-refractivity contribution in [1.82, 2.24) is 0 Å². The fourth-order valence-electron chi connectivity index (χ4n) is 4.87. The molecule has 0 saturated carbocycles. The number of hydrogen-bond acceptors (Lipinski definition) is 0. The van der Waals surface area contributed by atoms with Crippen molar-refractivity contribution in [3.63, 3.8) is 0 Å². The van der Waals surface area contributed by atoms with Gasteiger partial charge in [0.25, 0.3) is 0 Å².